The minimum atomic E-state index is -1.08. The van der Waals surface area contributed by atoms with Crippen LogP contribution in [0.1, 0.15) is 27.2 Å². The molecule has 4 rings (SSSR count). The number of carbonyl (C=O) groups is 2. The second kappa shape index (κ2) is 8.37. The van der Waals surface area contributed by atoms with Crippen molar-refractivity contribution >= 4 is 17.6 Å². The Kier molecular flexibility index (Phi) is 5.60. The highest BCUT2D eigenvalue weighted by molar-refractivity contribution is 5.99. The van der Waals surface area contributed by atoms with E-state index in [1.165, 1.54) is 4.90 Å². The summed E-state index contributed by atoms with van der Waals surface area (Å²) in [5.74, 6) is -3.78. The molecule has 0 unspecified atom stereocenters. The van der Waals surface area contributed by atoms with E-state index in [-0.39, 0.29) is 18.1 Å². The van der Waals surface area contributed by atoms with Crippen LogP contribution >= 0.6 is 0 Å². The summed E-state index contributed by atoms with van der Waals surface area (Å²) < 4.78 is 42.5. The number of imidazole rings is 1. The highest BCUT2D eigenvalue weighted by atomic mass is 19.1. The lowest BCUT2D eigenvalue weighted by Crippen LogP contribution is -2.45. The first kappa shape index (κ1) is 21.4. The first-order valence-electron chi connectivity index (χ1n) is 9.77. The van der Waals surface area contributed by atoms with E-state index in [0.29, 0.717) is 30.1 Å². The number of carbonyl (C=O) groups excluding carboxylic acids is 2. The number of amides is 3. The van der Waals surface area contributed by atoms with E-state index >= 15 is 0 Å². The Labute approximate surface area is 182 Å². The monoisotopic (exact) mass is 443 g/mol. The van der Waals surface area contributed by atoms with Gasteiger partial charge < -0.3 is 14.8 Å². The minimum absolute atomic E-state index is 0.216. The third-order valence-electron chi connectivity index (χ3n) is 5.21. The SMILES string of the molecule is CN1Cc2ccc(C(=O)NCc3c(F)cc(F)cc3F)cc2N(Cc2cn(C)cn2)C1=O. The summed E-state index contributed by atoms with van der Waals surface area (Å²) in [5.41, 5.74) is 1.86. The Morgan fingerprint density at radius 1 is 1.12 bits per heavy atom. The lowest BCUT2D eigenvalue weighted by atomic mass is 10.0. The number of fused-ring (bicyclic) bond motifs is 1. The lowest BCUT2D eigenvalue weighted by molar-refractivity contribution is 0.0950. The highest BCUT2D eigenvalue weighted by Crippen LogP contribution is 2.30. The number of nitrogens with one attached hydrogen (secondary N) is 1. The number of anilines is 1. The zero-order valence-corrected chi connectivity index (χ0v) is 17.4. The molecule has 3 aromatic rings. The Morgan fingerprint density at radius 2 is 1.84 bits per heavy atom. The molecule has 0 saturated carbocycles. The number of nitrogens with zero attached hydrogens (tertiary/aromatic N) is 4. The molecule has 2 heterocycles. The van der Waals surface area contributed by atoms with E-state index in [0.717, 1.165) is 5.56 Å². The van der Waals surface area contributed by atoms with Crippen LogP contribution in [-0.2, 0) is 26.7 Å². The number of hydrogen-bond acceptors (Lipinski definition) is 3. The van der Waals surface area contributed by atoms with Gasteiger partial charge in [-0.1, -0.05) is 6.07 Å². The van der Waals surface area contributed by atoms with Crippen molar-refractivity contribution in [1.82, 2.24) is 19.8 Å². The fraction of sp³-hybridized carbons (Fsp3) is 0.227. The van der Waals surface area contributed by atoms with Crippen LogP contribution in [-0.4, -0.2) is 33.4 Å². The number of aromatic nitrogens is 2. The van der Waals surface area contributed by atoms with Crippen LogP contribution in [0, 0.1) is 17.5 Å². The third-order valence-corrected chi connectivity index (χ3v) is 5.21. The molecule has 0 atom stereocenters. The lowest BCUT2D eigenvalue weighted by Gasteiger charge is -2.35. The van der Waals surface area contributed by atoms with Gasteiger partial charge in [0.05, 0.1) is 24.3 Å². The van der Waals surface area contributed by atoms with Crippen LogP contribution < -0.4 is 10.2 Å². The Hall–Kier alpha value is -3.82. The smallest absolute Gasteiger partial charge is 0.324 e. The summed E-state index contributed by atoms with van der Waals surface area (Å²) in [6.45, 7) is 0.141. The van der Waals surface area contributed by atoms with Crippen molar-refractivity contribution in [2.45, 2.75) is 19.6 Å². The molecule has 0 aliphatic carbocycles. The highest BCUT2D eigenvalue weighted by Gasteiger charge is 2.29. The van der Waals surface area contributed by atoms with Crippen LogP contribution in [0.3, 0.4) is 0 Å². The third kappa shape index (κ3) is 4.16. The molecule has 0 saturated heterocycles. The number of urea groups is 1. The van der Waals surface area contributed by atoms with Gasteiger partial charge in [0.1, 0.15) is 17.5 Å². The van der Waals surface area contributed by atoms with Crippen LogP contribution in [0.15, 0.2) is 42.9 Å². The maximum Gasteiger partial charge on any atom is 0.324 e. The van der Waals surface area contributed by atoms with Crippen molar-refractivity contribution in [1.29, 1.82) is 0 Å². The van der Waals surface area contributed by atoms with Gasteiger partial charge in [-0.3, -0.25) is 9.69 Å². The summed E-state index contributed by atoms with van der Waals surface area (Å²) in [4.78, 5) is 32.8. The maximum atomic E-state index is 13.8. The van der Waals surface area contributed by atoms with E-state index in [4.69, 9.17) is 0 Å². The molecule has 166 valence electrons. The van der Waals surface area contributed by atoms with Crippen LogP contribution in [0.25, 0.3) is 0 Å². The average Bonchev–Trinajstić information content (AvgIpc) is 3.15. The molecule has 3 amide bonds. The molecule has 0 bridgehead atoms. The van der Waals surface area contributed by atoms with Crippen LogP contribution in [0.5, 0.6) is 0 Å². The summed E-state index contributed by atoms with van der Waals surface area (Å²) in [6, 6.07) is 5.75. The van der Waals surface area contributed by atoms with E-state index < -0.39 is 35.5 Å². The van der Waals surface area contributed by atoms with Gasteiger partial charge in [0.25, 0.3) is 5.91 Å². The molecule has 1 N–H and O–H groups in total. The Bertz CT molecular complexity index is 1190. The molecule has 1 aliphatic heterocycles. The van der Waals surface area contributed by atoms with Crippen molar-refractivity contribution in [3.63, 3.8) is 0 Å². The fourth-order valence-corrected chi connectivity index (χ4v) is 3.60. The first-order valence-corrected chi connectivity index (χ1v) is 9.77. The van der Waals surface area contributed by atoms with Crippen molar-refractivity contribution in [2.24, 2.45) is 7.05 Å². The largest absolute Gasteiger partial charge is 0.348 e. The second-order valence-corrected chi connectivity index (χ2v) is 7.63. The Balaban J connectivity index is 1.58. The van der Waals surface area contributed by atoms with Gasteiger partial charge in [-0.15, -0.1) is 0 Å². The van der Waals surface area contributed by atoms with E-state index in [1.54, 1.807) is 47.2 Å². The molecule has 0 spiro atoms. The molecule has 2 aromatic carbocycles. The minimum Gasteiger partial charge on any atom is -0.348 e. The number of halogens is 3. The molecule has 32 heavy (non-hydrogen) atoms. The number of aryl methyl sites for hydroxylation is 1. The van der Waals surface area contributed by atoms with E-state index in [2.05, 4.69) is 10.3 Å². The van der Waals surface area contributed by atoms with Gasteiger partial charge in [-0.2, -0.15) is 0 Å². The predicted molar refractivity (Wildman–Crippen MR) is 110 cm³/mol. The van der Waals surface area contributed by atoms with Crippen molar-refractivity contribution in [2.75, 3.05) is 11.9 Å². The van der Waals surface area contributed by atoms with Crippen LogP contribution in [0.2, 0.25) is 0 Å². The van der Waals surface area contributed by atoms with Crippen molar-refractivity contribution in [3.8, 4) is 0 Å². The van der Waals surface area contributed by atoms with Gasteiger partial charge in [0.2, 0.25) is 0 Å². The van der Waals surface area contributed by atoms with Gasteiger partial charge >= 0.3 is 6.03 Å². The predicted octanol–water partition coefficient (Wildman–Crippen LogP) is 3.34. The summed E-state index contributed by atoms with van der Waals surface area (Å²) in [7, 11) is 3.51. The molecule has 0 radical (unpaired) electrons. The quantitative estimate of drug-likeness (QED) is 0.658. The van der Waals surface area contributed by atoms with Gasteiger partial charge in [-0.25, -0.2) is 22.9 Å². The van der Waals surface area contributed by atoms with Gasteiger partial charge in [0.15, 0.2) is 0 Å². The molecule has 0 fully saturated rings. The normalized spacial score (nSPS) is 13.3. The standard InChI is InChI=1S/C22H20F3N5O2/c1-28-10-16(27-12-28)11-30-20-5-13(3-4-14(20)9-29(2)22(30)32)21(31)26-8-17-18(24)6-15(23)7-19(17)25/h3-7,10,12H,8-9,11H2,1-2H3,(H,26,31). The Morgan fingerprint density at radius 3 is 2.50 bits per heavy atom. The molecule has 7 nitrogen and oxygen atoms in total. The number of benzene rings is 2. The van der Waals surface area contributed by atoms with E-state index in [9.17, 15) is 22.8 Å². The van der Waals surface area contributed by atoms with Crippen molar-refractivity contribution in [3.05, 3.63) is 82.7 Å². The van der Waals surface area contributed by atoms with Crippen molar-refractivity contribution < 1.29 is 22.8 Å². The first-order chi connectivity index (χ1) is 15.2. The molecular formula is C22H20F3N5O2. The topological polar surface area (TPSA) is 70.5 Å². The van der Waals surface area contributed by atoms with Gasteiger partial charge in [0, 0.05) is 56.6 Å². The van der Waals surface area contributed by atoms with E-state index in [1.807, 2.05) is 7.05 Å². The zero-order chi connectivity index (χ0) is 23.0. The second-order valence-electron chi connectivity index (χ2n) is 7.63. The van der Waals surface area contributed by atoms with Gasteiger partial charge in [-0.05, 0) is 17.7 Å². The summed E-state index contributed by atoms with van der Waals surface area (Å²) >= 11 is 0. The fourth-order valence-electron chi connectivity index (χ4n) is 3.60. The molecule has 1 aliphatic rings. The average molecular weight is 443 g/mol. The summed E-state index contributed by atoms with van der Waals surface area (Å²) in [5, 5.41) is 2.44. The zero-order valence-electron chi connectivity index (χ0n) is 17.4. The number of hydrogen-bond donors (Lipinski definition) is 1. The van der Waals surface area contributed by atoms with Crippen LogP contribution in [0.4, 0.5) is 23.7 Å². The number of rotatable bonds is 5. The summed E-state index contributed by atoms with van der Waals surface area (Å²) in [6.07, 6.45) is 3.43. The maximum absolute atomic E-state index is 13.8. The molecule has 10 heteroatoms. The molecular weight excluding hydrogens is 423 g/mol. The molecule has 1 aromatic heterocycles.